The second-order valence-corrected chi connectivity index (χ2v) is 6.67. The highest BCUT2D eigenvalue weighted by Gasteiger charge is 2.40. The van der Waals surface area contributed by atoms with Crippen molar-refractivity contribution < 1.29 is 0 Å². The van der Waals surface area contributed by atoms with Gasteiger partial charge in [0.15, 0.2) is 0 Å². The van der Waals surface area contributed by atoms with E-state index in [0.29, 0.717) is 0 Å². The van der Waals surface area contributed by atoms with Gasteiger partial charge in [-0.2, -0.15) is 0 Å². The van der Waals surface area contributed by atoms with Crippen molar-refractivity contribution in [3.05, 3.63) is 0 Å². The van der Waals surface area contributed by atoms with Crippen LogP contribution in [-0.2, 0) is 0 Å². The van der Waals surface area contributed by atoms with Crippen molar-refractivity contribution in [1.29, 1.82) is 0 Å². The number of likely N-dealkylation sites (N-methyl/N-ethyl adjacent to an activating group) is 1. The Bertz CT molecular complexity index is 220. The van der Waals surface area contributed by atoms with Crippen LogP contribution in [0.15, 0.2) is 0 Å². The molecule has 0 aromatic heterocycles. The van der Waals surface area contributed by atoms with E-state index >= 15 is 0 Å². The third kappa shape index (κ3) is 2.66. The van der Waals surface area contributed by atoms with Crippen LogP contribution in [0.2, 0.25) is 0 Å². The molecule has 0 N–H and O–H groups in total. The Morgan fingerprint density at radius 1 is 1.07 bits per heavy atom. The largest absolute Gasteiger partial charge is 0.294 e. The molecule has 0 aromatic rings. The summed E-state index contributed by atoms with van der Waals surface area (Å²) in [4.78, 5) is 4.74. The van der Waals surface area contributed by atoms with E-state index in [-0.39, 0.29) is 16.5 Å². The zero-order chi connectivity index (χ0) is 11.9. The van der Waals surface area contributed by atoms with E-state index in [1.54, 1.807) is 0 Å². The van der Waals surface area contributed by atoms with Gasteiger partial charge in [0, 0.05) is 25.2 Å². The molecule has 0 unspecified atom stereocenters. The molecule has 1 aliphatic heterocycles. The highest BCUT2D eigenvalue weighted by molar-refractivity contribution is 6.20. The summed E-state index contributed by atoms with van der Waals surface area (Å²) in [5.41, 5.74) is 0.626. The van der Waals surface area contributed by atoms with Crippen molar-refractivity contribution in [1.82, 2.24) is 9.80 Å². The van der Waals surface area contributed by atoms with Gasteiger partial charge in [-0.05, 0) is 26.3 Å². The molecule has 90 valence electrons. The molecule has 0 aromatic carbocycles. The Hall–Kier alpha value is 0.210. The molecule has 3 heteroatoms. The molecule has 1 atom stereocenters. The van der Waals surface area contributed by atoms with Crippen LogP contribution in [0.4, 0.5) is 0 Å². The van der Waals surface area contributed by atoms with Gasteiger partial charge in [0.05, 0.1) is 5.50 Å². The second-order valence-electron chi connectivity index (χ2n) is 6.17. The highest BCUT2D eigenvalue weighted by Crippen LogP contribution is 2.36. The van der Waals surface area contributed by atoms with Crippen LogP contribution in [0.5, 0.6) is 0 Å². The van der Waals surface area contributed by atoms with Crippen LogP contribution in [0.25, 0.3) is 0 Å². The predicted molar refractivity (Wildman–Crippen MR) is 67.4 cm³/mol. The maximum absolute atomic E-state index is 6.30. The SMILES string of the molecule is CN1CCN(C(C)(C)C(C)(C)C)C[C@@H]1Cl. The lowest BCUT2D eigenvalue weighted by Gasteiger charge is -2.51. The fourth-order valence-corrected chi connectivity index (χ4v) is 2.08. The average molecular weight is 233 g/mol. The molecule has 1 heterocycles. The van der Waals surface area contributed by atoms with Crippen molar-refractivity contribution in [2.24, 2.45) is 5.41 Å². The van der Waals surface area contributed by atoms with Crippen LogP contribution in [0, 0.1) is 5.41 Å². The molecular formula is C12H25ClN2. The Balaban J connectivity index is 2.73. The minimum Gasteiger partial charge on any atom is -0.294 e. The number of alkyl halides is 1. The van der Waals surface area contributed by atoms with Crippen molar-refractivity contribution in [3.8, 4) is 0 Å². The van der Waals surface area contributed by atoms with E-state index in [1.165, 1.54) is 0 Å². The normalized spacial score (nSPS) is 27.0. The van der Waals surface area contributed by atoms with Gasteiger partial charge in [-0.15, -0.1) is 11.6 Å². The van der Waals surface area contributed by atoms with Crippen LogP contribution < -0.4 is 0 Å². The molecule has 1 rings (SSSR count). The third-order valence-electron chi connectivity index (χ3n) is 4.20. The maximum atomic E-state index is 6.30. The quantitative estimate of drug-likeness (QED) is 0.507. The van der Waals surface area contributed by atoms with Gasteiger partial charge in [0.1, 0.15) is 0 Å². The van der Waals surface area contributed by atoms with Crippen molar-refractivity contribution >= 4 is 11.6 Å². The minimum atomic E-state index is 0.153. The first-order valence-corrected chi connectivity index (χ1v) is 6.19. The van der Waals surface area contributed by atoms with E-state index in [4.69, 9.17) is 11.6 Å². The summed E-state index contributed by atoms with van der Waals surface area (Å²) in [6, 6.07) is 0. The standard InChI is InChI=1S/C12H25ClN2/c1-11(2,3)12(4,5)15-8-7-14(6)10(13)9-15/h10H,7-9H2,1-6H3/t10-/m1/s1. The van der Waals surface area contributed by atoms with E-state index in [1.807, 2.05) is 0 Å². The molecule has 1 saturated heterocycles. The molecule has 2 nitrogen and oxygen atoms in total. The summed E-state index contributed by atoms with van der Waals surface area (Å²) in [7, 11) is 2.10. The van der Waals surface area contributed by atoms with Gasteiger partial charge in [-0.25, -0.2) is 0 Å². The Labute approximate surface area is 99.6 Å². The topological polar surface area (TPSA) is 6.48 Å². The van der Waals surface area contributed by atoms with E-state index in [2.05, 4.69) is 51.5 Å². The molecule has 1 fully saturated rings. The van der Waals surface area contributed by atoms with Crippen molar-refractivity contribution in [2.75, 3.05) is 26.7 Å². The van der Waals surface area contributed by atoms with Gasteiger partial charge >= 0.3 is 0 Å². The monoisotopic (exact) mass is 232 g/mol. The van der Waals surface area contributed by atoms with E-state index in [0.717, 1.165) is 19.6 Å². The predicted octanol–water partition coefficient (Wildman–Crippen LogP) is 2.62. The Morgan fingerprint density at radius 2 is 1.60 bits per heavy atom. The lowest BCUT2D eigenvalue weighted by molar-refractivity contribution is -0.0146. The van der Waals surface area contributed by atoms with Gasteiger partial charge < -0.3 is 0 Å². The van der Waals surface area contributed by atoms with E-state index in [9.17, 15) is 0 Å². The summed E-state index contributed by atoms with van der Waals surface area (Å²) < 4.78 is 0. The molecule has 0 spiro atoms. The number of rotatable bonds is 1. The van der Waals surface area contributed by atoms with Gasteiger partial charge in [-0.1, -0.05) is 20.8 Å². The lowest BCUT2D eigenvalue weighted by atomic mass is 9.75. The molecule has 0 saturated carbocycles. The number of hydrogen-bond acceptors (Lipinski definition) is 2. The van der Waals surface area contributed by atoms with Crippen LogP contribution in [0.1, 0.15) is 34.6 Å². The first-order chi connectivity index (χ1) is 6.66. The fraction of sp³-hybridized carbons (Fsp3) is 1.00. The van der Waals surface area contributed by atoms with Crippen LogP contribution >= 0.6 is 11.6 Å². The molecule has 0 aliphatic carbocycles. The minimum absolute atomic E-state index is 0.153. The Kier molecular flexibility index (Phi) is 3.74. The smallest absolute Gasteiger partial charge is 0.0977 e. The van der Waals surface area contributed by atoms with Crippen molar-refractivity contribution in [3.63, 3.8) is 0 Å². The molecule has 0 bridgehead atoms. The molecular weight excluding hydrogens is 208 g/mol. The first kappa shape index (κ1) is 13.3. The summed E-state index contributed by atoms with van der Waals surface area (Å²) in [5, 5.41) is 0. The lowest BCUT2D eigenvalue weighted by Crippen LogP contribution is -2.60. The van der Waals surface area contributed by atoms with Gasteiger partial charge in [0.25, 0.3) is 0 Å². The highest BCUT2D eigenvalue weighted by atomic mass is 35.5. The third-order valence-corrected chi connectivity index (χ3v) is 4.67. The summed E-state index contributed by atoms with van der Waals surface area (Å²) >= 11 is 6.30. The number of nitrogens with zero attached hydrogens (tertiary/aromatic N) is 2. The summed E-state index contributed by atoms with van der Waals surface area (Å²) in [6.45, 7) is 14.7. The molecule has 0 amide bonds. The Morgan fingerprint density at radius 3 is 2.00 bits per heavy atom. The number of hydrogen-bond donors (Lipinski definition) is 0. The van der Waals surface area contributed by atoms with Gasteiger partial charge in [0.2, 0.25) is 0 Å². The fourth-order valence-electron chi connectivity index (χ4n) is 1.81. The molecule has 15 heavy (non-hydrogen) atoms. The first-order valence-electron chi connectivity index (χ1n) is 5.75. The number of halogens is 1. The second kappa shape index (κ2) is 4.23. The van der Waals surface area contributed by atoms with Gasteiger partial charge in [-0.3, -0.25) is 9.80 Å². The average Bonchev–Trinajstić information content (AvgIpc) is 2.07. The molecule has 1 aliphatic rings. The maximum Gasteiger partial charge on any atom is 0.0977 e. The summed E-state index contributed by atoms with van der Waals surface area (Å²) in [5.74, 6) is 0. The van der Waals surface area contributed by atoms with Crippen LogP contribution in [-0.4, -0.2) is 47.5 Å². The van der Waals surface area contributed by atoms with Crippen LogP contribution in [0.3, 0.4) is 0 Å². The number of piperazine rings is 1. The van der Waals surface area contributed by atoms with Crippen molar-refractivity contribution in [2.45, 2.75) is 45.7 Å². The van der Waals surface area contributed by atoms with E-state index < -0.39 is 0 Å². The zero-order valence-electron chi connectivity index (χ0n) is 11.0. The molecule has 0 radical (unpaired) electrons. The zero-order valence-corrected chi connectivity index (χ0v) is 11.7. The summed E-state index contributed by atoms with van der Waals surface area (Å²) in [6.07, 6.45) is 0.